The molecule has 1 aromatic carbocycles. The first-order chi connectivity index (χ1) is 5.75. The Balaban J connectivity index is 2.78. The summed E-state index contributed by atoms with van der Waals surface area (Å²) in [6, 6.07) is 9.21. The molecule has 0 aromatic heterocycles. The van der Waals surface area contributed by atoms with Gasteiger partial charge in [0.1, 0.15) is 7.11 Å². The second-order valence-corrected chi connectivity index (χ2v) is 2.30. The third-order valence-corrected chi connectivity index (χ3v) is 1.54. The molecule has 3 heteroatoms. The Morgan fingerprint density at radius 3 is 2.50 bits per heavy atom. The molecule has 0 atom stereocenters. The van der Waals surface area contributed by atoms with E-state index in [2.05, 4.69) is 11.8 Å². The summed E-state index contributed by atoms with van der Waals surface area (Å²) >= 11 is 0. The first-order valence-corrected chi connectivity index (χ1v) is 3.50. The van der Waals surface area contributed by atoms with Gasteiger partial charge in [-0.05, 0) is 12.1 Å². The predicted octanol–water partition coefficient (Wildman–Crippen LogP) is 2.05. The van der Waals surface area contributed by atoms with E-state index in [0.29, 0.717) is 0 Å². The van der Waals surface area contributed by atoms with E-state index in [0.717, 1.165) is 5.69 Å². The minimum Gasteiger partial charge on any atom is -0.446 e. The van der Waals surface area contributed by atoms with Crippen molar-refractivity contribution in [3.63, 3.8) is 0 Å². The number of para-hydroxylation sites is 1. The number of ether oxygens (including phenoxy) is 1. The Morgan fingerprint density at radius 2 is 2.00 bits per heavy atom. The van der Waals surface area contributed by atoms with Crippen LogP contribution in [0.2, 0.25) is 0 Å². The second kappa shape index (κ2) is 3.76. The van der Waals surface area contributed by atoms with Gasteiger partial charge in [-0.15, -0.1) is 0 Å². The molecule has 0 unspecified atom stereocenters. The molecule has 1 aromatic rings. The molecule has 63 valence electrons. The fraction of sp³-hybridized carbons (Fsp3) is 0.111. The summed E-state index contributed by atoms with van der Waals surface area (Å²) in [5.41, 5.74) is 0.783. The van der Waals surface area contributed by atoms with Crippen molar-refractivity contribution in [3.05, 3.63) is 37.4 Å². The van der Waals surface area contributed by atoms with E-state index < -0.39 is 6.09 Å². The molecule has 1 amide bonds. The number of anilines is 1. The summed E-state index contributed by atoms with van der Waals surface area (Å²) in [7, 11) is 4.67. The molecule has 0 aliphatic rings. The molecule has 12 heavy (non-hydrogen) atoms. The Morgan fingerprint density at radius 1 is 1.42 bits per heavy atom. The van der Waals surface area contributed by atoms with Crippen LogP contribution in [0, 0.1) is 7.11 Å². The van der Waals surface area contributed by atoms with Gasteiger partial charge in [0.25, 0.3) is 0 Å². The van der Waals surface area contributed by atoms with E-state index in [9.17, 15) is 4.79 Å². The van der Waals surface area contributed by atoms with Gasteiger partial charge in [-0.2, -0.15) is 0 Å². The van der Waals surface area contributed by atoms with E-state index in [1.807, 2.05) is 30.3 Å². The standard InChI is InChI=1S/C9H10NO2/c1-10(9(11)12-2)8-6-4-3-5-7-8/h3-7H,2H2,1H3. The third kappa shape index (κ3) is 1.75. The molecular formula is C9H10NO2. The van der Waals surface area contributed by atoms with Crippen LogP contribution in [0.15, 0.2) is 30.3 Å². The van der Waals surface area contributed by atoms with Crippen LogP contribution in [-0.2, 0) is 4.74 Å². The lowest BCUT2D eigenvalue weighted by molar-refractivity contribution is 0.192. The van der Waals surface area contributed by atoms with Crippen molar-refractivity contribution in [1.29, 1.82) is 0 Å². The van der Waals surface area contributed by atoms with Crippen LogP contribution >= 0.6 is 0 Å². The SMILES string of the molecule is [CH2]OC(=O)N(C)c1ccccc1. The number of hydrogen-bond acceptors (Lipinski definition) is 2. The second-order valence-electron chi connectivity index (χ2n) is 2.30. The molecule has 0 bridgehead atoms. The highest BCUT2D eigenvalue weighted by Gasteiger charge is 2.08. The molecule has 0 aliphatic heterocycles. The van der Waals surface area contributed by atoms with Crippen molar-refractivity contribution < 1.29 is 9.53 Å². The van der Waals surface area contributed by atoms with Crippen molar-refractivity contribution in [2.45, 2.75) is 0 Å². The molecule has 0 N–H and O–H groups in total. The number of amides is 1. The molecule has 3 nitrogen and oxygen atoms in total. The molecule has 0 aliphatic carbocycles. The Labute approximate surface area is 71.6 Å². The van der Waals surface area contributed by atoms with Crippen LogP contribution < -0.4 is 4.90 Å². The van der Waals surface area contributed by atoms with Crippen LogP contribution in [0.5, 0.6) is 0 Å². The van der Waals surface area contributed by atoms with Gasteiger partial charge in [0, 0.05) is 12.7 Å². The maximum Gasteiger partial charge on any atom is 0.414 e. The van der Waals surface area contributed by atoms with E-state index in [1.54, 1.807) is 7.05 Å². The van der Waals surface area contributed by atoms with Gasteiger partial charge in [0.15, 0.2) is 0 Å². The minimum absolute atomic E-state index is 0.471. The summed E-state index contributed by atoms with van der Waals surface area (Å²) in [5.74, 6) is 0. The van der Waals surface area contributed by atoms with Gasteiger partial charge in [-0.3, -0.25) is 4.90 Å². The van der Waals surface area contributed by atoms with Crippen LogP contribution in [0.4, 0.5) is 10.5 Å². The molecule has 1 rings (SSSR count). The average molecular weight is 164 g/mol. The van der Waals surface area contributed by atoms with Crippen molar-refractivity contribution in [2.24, 2.45) is 0 Å². The summed E-state index contributed by atoms with van der Waals surface area (Å²) in [6.07, 6.45) is -0.471. The lowest BCUT2D eigenvalue weighted by Gasteiger charge is -2.14. The molecular weight excluding hydrogens is 154 g/mol. The topological polar surface area (TPSA) is 29.5 Å². The third-order valence-electron chi connectivity index (χ3n) is 1.54. The van der Waals surface area contributed by atoms with Gasteiger partial charge in [0.2, 0.25) is 0 Å². The number of hydrogen-bond donors (Lipinski definition) is 0. The smallest absolute Gasteiger partial charge is 0.414 e. The number of nitrogens with zero attached hydrogens (tertiary/aromatic N) is 1. The maximum atomic E-state index is 11.0. The van der Waals surface area contributed by atoms with E-state index >= 15 is 0 Å². The Kier molecular flexibility index (Phi) is 2.69. The zero-order valence-electron chi connectivity index (χ0n) is 6.86. The molecule has 0 saturated carbocycles. The monoisotopic (exact) mass is 164 g/mol. The van der Waals surface area contributed by atoms with Crippen molar-refractivity contribution >= 4 is 11.8 Å². The van der Waals surface area contributed by atoms with Crippen molar-refractivity contribution in [1.82, 2.24) is 0 Å². The molecule has 0 fully saturated rings. The van der Waals surface area contributed by atoms with E-state index in [4.69, 9.17) is 0 Å². The number of carbonyl (C=O) groups is 1. The first-order valence-electron chi connectivity index (χ1n) is 3.50. The zero-order chi connectivity index (χ0) is 8.97. The summed E-state index contributed by atoms with van der Waals surface area (Å²) in [5, 5.41) is 0. The van der Waals surface area contributed by atoms with Gasteiger partial charge < -0.3 is 4.74 Å². The Bertz CT molecular complexity index is 258. The highest BCUT2D eigenvalue weighted by Crippen LogP contribution is 2.11. The van der Waals surface area contributed by atoms with Gasteiger partial charge in [-0.1, -0.05) is 18.2 Å². The van der Waals surface area contributed by atoms with E-state index in [1.165, 1.54) is 4.90 Å². The molecule has 0 heterocycles. The van der Waals surface area contributed by atoms with Gasteiger partial charge in [-0.25, -0.2) is 4.79 Å². The summed E-state index contributed by atoms with van der Waals surface area (Å²) in [6.45, 7) is 0. The molecule has 0 spiro atoms. The van der Waals surface area contributed by atoms with Gasteiger partial charge in [0.05, 0.1) is 0 Å². The summed E-state index contributed by atoms with van der Waals surface area (Å²) in [4.78, 5) is 12.3. The number of carbonyl (C=O) groups excluding carboxylic acids is 1. The lowest BCUT2D eigenvalue weighted by Crippen LogP contribution is -2.25. The van der Waals surface area contributed by atoms with Gasteiger partial charge >= 0.3 is 6.09 Å². The highest BCUT2D eigenvalue weighted by molar-refractivity contribution is 5.86. The average Bonchev–Trinajstić information content (AvgIpc) is 2.17. The quantitative estimate of drug-likeness (QED) is 0.635. The van der Waals surface area contributed by atoms with Crippen LogP contribution in [0.3, 0.4) is 0 Å². The fourth-order valence-electron chi connectivity index (χ4n) is 0.854. The van der Waals surface area contributed by atoms with Crippen LogP contribution in [-0.4, -0.2) is 13.1 Å². The van der Waals surface area contributed by atoms with Crippen LogP contribution in [0.25, 0.3) is 0 Å². The zero-order valence-corrected chi connectivity index (χ0v) is 6.86. The van der Waals surface area contributed by atoms with E-state index in [-0.39, 0.29) is 0 Å². The maximum absolute atomic E-state index is 11.0. The lowest BCUT2D eigenvalue weighted by atomic mass is 10.3. The highest BCUT2D eigenvalue weighted by atomic mass is 16.5. The first kappa shape index (κ1) is 8.59. The van der Waals surface area contributed by atoms with Crippen molar-refractivity contribution in [2.75, 3.05) is 11.9 Å². The molecule has 1 radical (unpaired) electrons. The van der Waals surface area contributed by atoms with Crippen LogP contribution in [0.1, 0.15) is 0 Å². The number of benzene rings is 1. The van der Waals surface area contributed by atoms with Crippen molar-refractivity contribution in [3.8, 4) is 0 Å². The molecule has 0 saturated heterocycles. The minimum atomic E-state index is -0.471. The Hall–Kier alpha value is -1.51. The fourth-order valence-corrected chi connectivity index (χ4v) is 0.854. The predicted molar refractivity (Wildman–Crippen MR) is 46.7 cm³/mol. The largest absolute Gasteiger partial charge is 0.446 e. The summed E-state index contributed by atoms with van der Waals surface area (Å²) < 4.78 is 4.30. The number of rotatable bonds is 1. The normalized spacial score (nSPS) is 9.17.